The van der Waals surface area contributed by atoms with E-state index in [0.29, 0.717) is 0 Å². The second-order valence-corrected chi connectivity index (χ2v) is 5.69. The number of alkyl carbamates (subject to hydrolysis) is 1. The van der Waals surface area contributed by atoms with Crippen LogP contribution in [0.15, 0.2) is 18.2 Å². The van der Waals surface area contributed by atoms with Crippen molar-refractivity contribution in [1.82, 2.24) is 5.32 Å². The summed E-state index contributed by atoms with van der Waals surface area (Å²) >= 11 is 0. The van der Waals surface area contributed by atoms with Crippen molar-refractivity contribution in [3.8, 4) is 5.75 Å². The summed E-state index contributed by atoms with van der Waals surface area (Å²) in [5, 5.41) is 24.9. The number of carbonyl (C=O) groups is 2. The predicted octanol–water partition coefficient (Wildman–Crippen LogP) is 2.15. The molecule has 1 aromatic carbocycles. The molecule has 3 N–H and O–H groups in total. The number of phenolic OH excluding ortho intramolecular Hbond substituents is 1. The van der Waals surface area contributed by atoms with Crippen LogP contribution in [-0.2, 0) is 9.53 Å². The lowest BCUT2D eigenvalue weighted by atomic mass is 10.2. The molecule has 0 radical (unpaired) electrons. The van der Waals surface area contributed by atoms with Crippen LogP contribution in [0.25, 0.3) is 0 Å². The molecule has 0 aromatic heterocycles. The Kier molecular flexibility index (Phi) is 5.88. The van der Waals surface area contributed by atoms with E-state index < -0.39 is 34.0 Å². The summed E-state index contributed by atoms with van der Waals surface area (Å²) in [6, 6.07) is 3.50. The van der Waals surface area contributed by atoms with Crippen molar-refractivity contribution in [2.24, 2.45) is 0 Å². The van der Waals surface area contributed by atoms with E-state index in [2.05, 4.69) is 10.6 Å². The number of rotatable bonds is 5. The van der Waals surface area contributed by atoms with E-state index in [4.69, 9.17) is 4.74 Å². The van der Waals surface area contributed by atoms with Gasteiger partial charge in [-0.15, -0.1) is 0 Å². The maximum absolute atomic E-state index is 11.7. The number of nitrogens with one attached hydrogen (secondary N) is 2. The summed E-state index contributed by atoms with van der Waals surface area (Å²) in [6.07, 6.45) is -0.668. The number of nitrogens with zero attached hydrogens (tertiary/aromatic N) is 1. The van der Waals surface area contributed by atoms with E-state index in [0.717, 1.165) is 12.1 Å². The summed E-state index contributed by atoms with van der Waals surface area (Å²) in [5.74, 6) is -0.930. The number of aromatic hydroxyl groups is 1. The zero-order chi connectivity index (χ0) is 17.6. The Labute approximate surface area is 132 Å². The van der Waals surface area contributed by atoms with E-state index in [1.807, 2.05) is 0 Å². The van der Waals surface area contributed by atoms with Crippen LogP contribution in [-0.4, -0.2) is 34.2 Å². The van der Waals surface area contributed by atoms with Crippen LogP contribution in [0.3, 0.4) is 0 Å². The number of carbonyl (C=O) groups excluding carboxylic acids is 2. The number of hydrogen-bond donors (Lipinski definition) is 3. The Bertz CT molecular complexity index is 609. The molecule has 1 rings (SSSR count). The van der Waals surface area contributed by atoms with E-state index in [-0.39, 0.29) is 18.7 Å². The quantitative estimate of drug-likeness (QED) is 0.432. The average Bonchev–Trinajstić information content (AvgIpc) is 2.38. The van der Waals surface area contributed by atoms with E-state index in [9.17, 15) is 24.8 Å². The van der Waals surface area contributed by atoms with Crippen LogP contribution in [0.2, 0.25) is 0 Å². The molecule has 9 heteroatoms. The second-order valence-electron chi connectivity index (χ2n) is 5.69. The van der Waals surface area contributed by atoms with Gasteiger partial charge in [0, 0.05) is 24.7 Å². The first-order chi connectivity index (χ1) is 10.6. The average molecular weight is 325 g/mol. The van der Waals surface area contributed by atoms with Gasteiger partial charge in [-0.05, 0) is 32.9 Å². The van der Waals surface area contributed by atoms with Crippen molar-refractivity contribution in [2.75, 3.05) is 11.9 Å². The highest BCUT2D eigenvalue weighted by Crippen LogP contribution is 2.28. The molecular formula is C14H19N3O6. The van der Waals surface area contributed by atoms with Crippen molar-refractivity contribution in [3.63, 3.8) is 0 Å². The molecule has 0 aliphatic carbocycles. The van der Waals surface area contributed by atoms with Crippen molar-refractivity contribution >= 4 is 23.4 Å². The number of benzene rings is 1. The van der Waals surface area contributed by atoms with Crippen LogP contribution in [0, 0.1) is 10.1 Å². The van der Waals surface area contributed by atoms with Gasteiger partial charge in [-0.3, -0.25) is 14.9 Å². The van der Waals surface area contributed by atoms with Crippen molar-refractivity contribution in [2.45, 2.75) is 32.8 Å². The largest absolute Gasteiger partial charge is 0.502 e. The standard InChI is InChI=1S/C14H19N3O6/c1-14(2,3)23-13(20)15-7-6-12(19)16-9-4-5-11(18)10(8-9)17(21)22/h4-5,8,18H,6-7H2,1-3H3,(H,15,20)(H,16,19). The molecule has 0 saturated carbocycles. The monoisotopic (exact) mass is 325 g/mol. The van der Waals surface area contributed by atoms with Crippen LogP contribution >= 0.6 is 0 Å². The third-order valence-electron chi connectivity index (χ3n) is 2.48. The number of amides is 2. The lowest BCUT2D eigenvalue weighted by Gasteiger charge is -2.19. The molecule has 0 heterocycles. The van der Waals surface area contributed by atoms with Gasteiger partial charge in [-0.25, -0.2) is 4.79 Å². The summed E-state index contributed by atoms with van der Waals surface area (Å²) in [7, 11) is 0. The molecule has 126 valence electrons. The normalized spacial score (nSPS) is 10.7. The number of phenols is 1. The molecular weight excluding hydrogens is 306 g/mol. The minimum Gasteiger partial charge on any atom is -0.502 e. The zero-order valence-corrected chi connectivity index (χ0v) is 13.1. The molecule has 0 fully saturated rings. The molecule has 0 unspecified atom stereocenters. The third kappa shape index (κ3) is 6.64. The van der Waals surface area contributed by atoms with Crippen molar-refractivity contribution in [1.29, 1.82) is 0 Å². The first-order valence-corrected chi connectivity index (χ1v) is 6.82. The summed E-state index contributed by atoms with van der Waals surface area (Å²) in [5.41, 5.74) is -0.955. The Morgan fingerprint density at radius 2 is 2.00 bits per heavy atom. The first kappa shape index (κ1) is 18.2. The molecule has 0 atom stereocenters. The molecule has 0 bridgehead atoms. The van der Waals surface area contributed by atoms with Gasteiger partial charge in [0.2, 0.25) is 5.91 Å². The maximum atomic E-state index is 11.7. The molecule has 1 aromatic rings. The number of hydrogen-bond acceptors (Lipinski definition) is 6. The van der Waals surface area contributed by atoms with Gasteiger partial charge in [0.05, 0.1) is 4.92 Å². The first-order valence-electron chi connectivity index (χ1n) is 6.82. The lowest BCUT2D eigenvalue weighted by Crippen LogP contribution is -2.34. The fourth-order valence-electron chi connectivity index (χ4n) is 1.56. The Hall–Kier alpha value is -2.84. The highest BCUT2D eigenvalue weighted by molar-refractivity contribution is 5.91. The Balaban J connectivity index is 2.47. The van der Waals surface area contributed by atoms with Gasteiger partial charge in [0.25, 0.3) is 0 Å². The van der Waals surface area contributed by atoms with Crippen LogP contribution in [0.4, 0.5) is 16.2 Å². The number of ether oxygens (including phenoxy) is 1. The van der Waals surface area contributed by atoms with Crippen molar-refractivity contribution < 1.29 is 24.4 Å². The predicted molar refractivity (Wildman–Crippen MR) is 82.2 cm³/mol. The molecule has 0 aliphatic heterocycles. The van der Waals surface area contributed by atoms with E-state index in [1.54, 1.807) is 20.8 Å². The summed E-state index contributed by atoms with van der Waals surface area (Å²) < 4.78 is 5.01. The smallest absolute Gasteiger partial charge is 0.407 e. The topological polar surface area (TPSA) is 131 Å². The minimum atomic E-state index is -0.755. The van der Waals surface area contributed by atoms with Gasteiger partial charge in [0.1, 0.15) is 5.60 Å². The SMILES string of the molecule is CC(C)(C)OC(=O)NCCC(=O)Nc1ccc(O)c([N+](=O)[O-])c1. The number of nitro groups is 1. The van der Waals surface area contributed by atoms with Crippen LogP contribution < -0.4 is 10.6 Å². The van der Waals surface area contributed by atoms with Gasteiger partial charge in [-0.1, -0.05) is 0 Å². The highest BCUT2D eigenvalue weighted by atomic mass is 16.6. The maximum Gasteiger partial charge on any atom is 0.407 e. The molecule has 9 nitrogen and oxygen atoms in total. The molecule has 23 heavy (non-hydrogen) atoms. The Morgan fingerprint density at radius 1 is 1.35 bits per heavy atom. The number of anilines is 1. The zero-order valence-electron chi connectivity index (χ0n) is 13.1. The van der Waals surface area contributed by atoms with Gasteiger partial charge in [-0.2, -0.15) is 0 Å². The highest BCUT2D eigenvalue weighted by Gasteiger charge is 2.17. The van der Waals surface area contributed by atoms with Crippen LogP contribution in [0.5, 0.6) is 5.75 Å². The van der Waals surface area contributed by atoms with E-state index in [1.165, 1.54) is 6.07 Å². The Morgan fingerprint density at radius 3 is 2.57 bits per heavy atom. The van der Waals surface area contributed by atoms with Crippen LogP contribution in [0.1, 0.15) is 27.2 Å². The molecule has 0 aliphatic rings. The fourth-order valence-corrected chi connectivity index (χ4v) is 1.56. The fraction of sp³-hybridized carbons (Fsp3) is 0.429. The summed E-state index contributed by atoms with van der Waals surface area (Å²) in [6.45, 7) is 5.21. The van der Waals surface area contributed by atoms with Gasteiger partial charge >= 0.3 is 11.8 Å². The molecule has 0 saturated heterocycles. The minimum absolute atomic E-state index is 0.0338. The second kappa shape index (κ2) is 7.43. The van der Waals surface area contributed by atoms with E-state index >= 15 is 0 Å². The summed E-state index contributed by atoms with van der Waals surface area (Å²) in [4.78, 5) is 33.0. The van der Waals surface area contributed by atoms with Gasteiger partial charge < -0.3 is 20.5 Å². The van der Waals surface area contributed by atoms with Gasteiger partial charge in [0.15, 0.2) is 5.75 Å². The molecule has 2 amide bonds. The molecule has 0 spiro atoms. The van der Waals surface area contributed by atoms with Crippen molar-refractivity contribution in [3.05, 3.63) is 28.3 Å². The third-order valence-corrected chi connectivity index (χ3v) is 2.48. The number of nitro benzene ring substituents is 1. The lowest BCUT2D eigenvalue weighted by molar-refractivity contribution is -0.385.